The summed E-state index contributed by atoms with van der Waals surface area (Å²) in [6.45, 7) is 2.93. The summed E-state index contributed by atoms with van der Waals surface area (Å²) in [7, 11) is 1.63. The van der Waals surface area contributed by atoms with E-state index in [2.05, 4.69) is 15.9 Å². The smallest absolute Gasteiger partial charge is 0.266 e. The van der Waals surface area contributed by atoms with E-state index < -0.39 is 0 Å². The summed E-state index contributed by atoms with van der Waals surface area (Å²) < 4.78 is 12.2. The molecular weight excluding hydrogens is 500 g/mol. The van der Waals surface area contributed by atoms with Crippen LogP contribution in [0.25, 0.3) is 6.08 Å². The third-order valence-electron chi connectivity index (χ3n) is 5.00. The van der Waals surface area contributed by atoms with E-state index >= 15 is 0 Å². The Morgan fingerprint density at radius 2 is 1.82 bits per heavy atom. The van der Waals surface area contributed by atoms with Crippen LogP contribution in [0.5, 0.6) is 11.5 Å². The highest BCUT2D eigenvalue weighted by atomic mass is 79.9. The molecule has 168 valence electrons. The molecule has 1 fully saturated rings. The van der Waals surface area contributed by atoms with Crippen LogP contribution in [-0.4, -0.2) is 29.6 Å². The highest BCUT2D eigenvalue weighted by molar-refractivity contribution is 9.10. The number of carbonyl (C=O) groups excluding carboxylic acids is 1. The fourth-order valence-corrected chi connectivity index (χ4v) is 4.71. The monoisotopic (exact) mass is 522 g/mol. The van der Waals surface area contributed by atoms with Crippen LogP contribution in [0.1, 0.15) is 18.1 Å². The summed E-state index contributed by atoms with van der Waals surface area (Å²) in [5, 5.41) is 0.653. The first kappa shape index (κ1) is 23.1. The van der Waals surface area contributed by atoms with Crippen molar-refractivity contribution in [2.24, 2.45) is 4.99 Å². The summed E-state index contributed by atoms with van der Waals surface area (Å²) in [4.78, 5) is 20.1. The van der Waals surface area contributed by atoms with Gasteiger partial charge in [0.25, 0.3) is 5.91 Å². The number of hydrogen-bond acceptors (Lipinski definition) is 5. The van der Waals surface area contributed by atoms with Crippen LogP contribution in [-0.2, 0) is 11.4 Å². The lowest BCUT2D eigenvalue weighted by Crippen LogP contribution is -2.28. The summed E-state index contributed by atoms with van der Waals surface area (Å²) in [6.07, 6.45) is 1.87. The molecule has 3 aromatic rings. The molecule has 1 aliphatic rings. The molecule has 33 heavy (non-hydrogen) atoms. The van der Waals surface area contributed by atoms with Gasteiger partial charge in [-0.25, -0.2) is 4.99 Å². The Kier molecular flexibility index (Phi) is 7.52. The number of thioether (sulfide) groups is 1. The molecule has 5 nitrogen and oxygen atoms in total. The van der Waals surface area contributed by atoms with Gasteiger partial charge in [0.1, 0.15) is 18.1 Å². The van der Waals surface area contributed by atoms with Gasteiger partial charge in [-0.3, -0.25) is 9.69 Å². The van der Waals surface area contributed by atoms with Gasteiger partial charge < -0.3 is 9.47 Å². The van der Waals surface area contributed by atoms with Crippen molar-refractivity contribution in [1.29, 1.82) is 0 Å². The number of hydrogen-bond donors (Lipinski definition) is 0. The number of nitrogens with zero attached hydrogens (tertiary/aromatic N) is 2. The Morgan fingerprint density at radius 3 is 2.52 bits per heavy atom. The average Bonchev–Trinajstić information content (AvgIpc) is 3.13. The van der Waals surface area contributed by atoms with Crippen LogP contribution >= 0.6 is 27.7 Å². The first-order valence-corrected chi connectivity index (χ1v) is 12.1. The average molecular weight is 523 g/mol. The van der Waals surface area contributed by atoms with Gasteiger partial charge >= 0.3 is 0 Å². The zero-order valence-corrected chi connectivity index (χ0v) is 20.7. The molecule has 0 bridgehead atoms. The molecule has 0 aliphatic carbocycles. The Hall–Kier alpha value is -3.03. The van der Waals surface area contributed by atoms with Crippen LogP contribution in [0.4, 0.5) is 5.69 Å². The molecule has 1 saturated heterocycles. The van der Waals surface area contributed by atoms with E-state index in [4.69, 9.17) is 14.5 Å². The molecule has 1 heterocycles. The Bertz CT molecular complexity index is 1190. The van der Waals surface area contributed by atoms with Gasteiger partial charge in [-0.2, -0.15) is 0 Å². The minimum atomic E-state index is -0.0660. The molecule has 0 atom stereocenters. The van der Waals surface area contributed by atoms with Crippen molar-refractivity contribution in [3.05, 3.63) is 93.3 Å². The molecule has 4 rings (SSSR count). The summed E-state index contributed by atoms with van der Waals surface area (Å²) in [5.74, 6) is 1.41. The van der Waals surface area contributed by atoms with Gasteiger partial charge in [0.05, 0.1) is 17.7 Å². The van der Waals surface area contributed by atoms with Gasteiger partial charge in [0, 0.05) is 16.6 Å². The zero-order valence-electron chi connectivity index (χ0n) is 18.3. The van der Waals surface area contributed by atoms with Crippen molar-refractivity contribution in [2.45, 2.75) is 13.5 Å². The number of amidine groups is 1. The maximum Gasteiger partial charge on any atom is 0.266 e. The quantitative estimate of drug-likeness (QED) is 0.325. The van der Waals surface area contributed by atoms with Gasteiger partial charge in [-0.1, -0.05) is 46.3 Å². The van der Waals surface area contributed by atoms with Gasteiger partial charge in [-0.15, -0.1) is 0 Å². The van der Waals surface area contributed by atoms with E-state index in [1.807, 2.05) is 85.8 Å². The molecule has 0 unspecified atom stereocenters. The summed E-state index contributed by atoms with van der Waals surface area (Å²) in [6, 6.07) is 23.2. The zero-order chi connectivity index (χ0) is 23.2. The second kappa shape index (κ2) is 10.7. The standard InChI is InChI=1S/C26H23BrN2O3S/c1-3-29-25(30)24(33-26(29)28-21-10-12-22(31-2)13-11-21)16-19-15-20(27)9-14-23(19)32-17-18-7-5-4-6-8-18/h4-16H,3,17H2,1-2H3/b24-16+,28-26?. The summed E-state index contributed by atoms with van der Waals surface area (Å²) in [5.41, 5.74) is 2.68. The molecule has 0 radical (unpaired) electrons. The number of halogens is 1. The fraction of sp³-hybridized carbons (Fsp3) is 0.154. The molecule has 0 aromatic heterocycles. The predicted molar refractivity (Wildman–Crippen MR) is 138 cm³/mol. The maximum absolute atomic E-state index is 13.1. The topological polar surface area (TPSA) is 51.1 Å². The van der Waals surface area contributed by atoms with Crippen LogP contribution in [0.15, 0.2) is 87.2 Å². The molecule has 0 saturated carbocycles. The van der Waals surface area contributed by atoms with E-state index in [9.17, 15) is 4.79 Å². The fourth-order valence-electron chi connectivity index (χ4n) is 3.28. The predicted octanol–water partition coefficient (Wildman–Crippen LogP) is 6.66. The number of carbonyl (C=O) groups is 1. The molecule has 1 aliphatic heterocycles. The first-order chi connectivity index (χ1) is 16.1. The van der Waals surface area contributed by atoms with Crippen molar-refractivity contribution >= 4 is 50.5 Å². The van der Waals surface area contributed by atoms with Crippen molar-refractivity contribution in [1.82, 2.24) is 4.90 Å². The van der Waals surface area contributed by atoms with Crippen molar-refractivity contribution in [2.75, 3.05) is 13.7 Å². The highest BCUT2D eigenvalue weighted by Crippen LogP contribution is 2.36. The van der Waals surface area contributed by atoms with Crippen molar-refractivity contribution < 1.29 is 14.3 Å². The van der Waals surface area contributed by atoms with Crippen LogP contribution in [0.2, 0.25) is 0 Å². The van der Waals surface area contributed by atoms with E-state index in [1.54, 1.807) is 12.0 Å². The number of rotatable bonds is 7. The molecular formula is C26H23BrN2O3S. The van der Waals surface area contributed by atoms with E-state index in [0.717, 1.165) is 27.0 Å². The van der Waals surface area contributed by atoms with Crippen molar-refractivity contribution in [3.63, 3.8) is 0 Å². The van der Waals surface area contributed by atoms with E-state index in [1.165, 1.54) is 11.8 Å². The van der Waals surface area contributed by atoms with Crippen LogP contribution in [0, 0.1) is 0 Å². The lowest BCUT2D eigenvalue weighted by molar-refractivity contribution is -0.122. The minimum Gasteiger partial charge on any atom is -0.497 e. The molecule has 0 spiro atoms. The SMILES string of the molecule is CCN1C(=O)/C(=C\c2cc(Br)ccc2OCc2ccccc2)SC1=Nc1ccc(OC)cc1. The number of ether oxygens (including phenoxy) is 2. The molecule has 0 N–H and O–H groups in total. The third-order valence-corrected chi connectivity index (χ3v) is 6.50. The van der Waals surface area contributed by atoms with Gasteiger partial charge in [-0.05, 0) is 72.8 Å². The Morgan fingerprint density at radius 1 is 1.06 bits per heavy atom. The first-order valence-electron chi connectivity index (χ1n) is 10.5. The second-order valence-electron chi connectivity index (χ2n) is 7.21. The van der Waals surface area contributed by atoms with E-state index in [0.29, 0.717) is 29.0 Å². The normalized spacial score (nSPS) is 16.0. The van der Waals surface area contributed by atoms with Crippen LogP contribution in [0.3, 0.4) is 0 Å². The molecule has 7 heteroatoms. The summed E-state index contributed by atoms with van der Waals surface area (Å²) >= 11 is 4.89. The molecule has 3 aromatic carbocycles. The van der Waals surface area contributed by atoms with Crippen LogP contribution < -0.4 is 9.47 Å². The number of methoxy groups -OCH3 is 1. The number of benzene rings is 3. The lowest BCUT2D eigenvalue weighted by atomic mass is 10.1. The van der Waals surface area contributed by atoms with Crippen molar-refractivity contribution in [3.8, 4) is 11.5 Å². The number of amides is 1. The van der Waals surface area contributed by atoms with Gasteiger partial charge in [0.15, 0.2) is 5.17 Å². The minimum absolute atomic E-state index is 0.0660. The number of likely N-dealkylation sites (N-methyl/N-ethyl adjacent to an activating group) is 1. The Balaban J connectivity index is 1.60. The van der Waals surface area contributed by atoms with E-state index in [-0.39, 0.29) is 5.91 Å². The second-order valence-corrected chi connectivity index (χ2v) is 9.13. The molecule has 1 amide bonds. The Labute approximate surface area is 206 Å². The largest absolute Gasteiger partial charge is 0.497 e. The number of aliphatic imine (C=N–C) groups is 1. The lowest BCUT2D eigenvalue weighted by Gasteiger charge is -2.12. The maximum atomic E-state index is 13.1. The highest BCUT2D eigenvalue weighted by Gasteiger charge is 2.32. The third kappa shape index (κ3) is 5.67. The van der Waals surface area contributed by atoms with Gasteiger partial charge in [0.2, 0.25) is 0 Å².